The van der Waals surface area contributed by atoms with Gasteiger partial charge in [0.1, 0.15) is 0 Å². The molecule has 0 amide bonds. The maximum Gasteiger partial charge on any atom is 0.0708 e. The van der Waals surface area contributed by atoms with Crippen molar-refractivity contribution in [2.24, 2.45) is 0 Å². The zero-order valence-electron chi connectivity index (χ0n) is 24.2. The van der Waals surface area contributed by atoms with Gasteiger partial charge in [0.05, 0.1) is 5.69 Å². The highest BCUT2D eigenvalue weighted by atomic mass is 14.7. The third-order valence-corrected chi connectivity index (χ3v) is 9.70. The Morgan fingerprint density at radius 3 is 1.86 bits per heavy atom. The van der Waals surface area contributed by atoms with Crippen LogP contribution < -0.4 is 0 Å². The maximum atomic E-state index is 4.94. The third kappa shape index (κ3) is 3.49. The second-order valence-corrected chi connectivity index (χ2v) is 12.4. The van der Waals surface area contributed by atoms with E-state index in [2.05, 4.69) is 147 Å². The average Bonchev–Trinajstić information content (AvgIpc) is 3.29. The van der Waals surface area contributed by atoms with Gasteiger partial charge in [0.25, 0.3) is 0 Å². The van der Waals surface area contributed by atoms with E-state index in [-0.39, 0.29) is 5.41 Å². The molecule has 0 fully saturated rings. The van der Waals surface area contributed by atoms with Gasteiger partial charge in [-0.15, -0.1) is 0 Å². The summed E-state index contributed by atoms with van der Waals surface area (Å²) in [6, 6.07) is 49.0. The Labute approximate surface area is 251 Å². The minimum Gasteiger partial charge on any atom is -0.256 e. The minimum absolute atomic E-state index is 0.0322. The highest BCUT2D eigenvalue weighted by molar-refractivity contribution is 6.26. The lowest BCUT2D eigenvalue weighted by atomic mass is 9.81. The number of benzene rings is 7. The molecule has 1 aromatic heterocycles. The van der Waals surface area contributed by atoms with Crippen molar-refractivity contribution in [3.63, 3.8) is 0 Å². The van der Waals surface area contributed by atoms with E-state index in [1.54, 1.807) is 0 Å². The first kappa shape index (κ1) is 24.3. The van der Waals surface area contributed by atoms with Crippen molar-refractivity contribution in [2.75, 3.05) is 0 Å². The number of rotatable bonds is 2. The van der Waals surface area contributed by atoms with Gasteiger partial charge in [-0.3, -0.25) is 4.98 Å². The predicted molar refractivity (Wildman–Crippen MR) is 183 cm³/mol. The van der Waals surface area contributed by atoms with Crippen molar-refractivity contribution in [1.29, 1.82) is 0 Å². The van der Waals surface area contributed by atoms with Crippen LogP contribution in [-0.2, 0) is 5.41 Å². The minimum atomic E-state index is -0.0322. The zero-order chi connectivity index (χ0) is 28.7. The molecule has 7 aromatic carbocycles. The largest absolute Gasteiger partial charge is 0.256 e. The SMILES string of the molecule is CC1(C)c2ccccc2-c2cc3c4ccccc4c4cc(-c5ccc(-c6cccc7ccccc67)nc5)ccc4c3cc21. The molecule has 0 unspecified atom stereocenters. The highest BCUT2D eigenvalue weighted by Gasteiger charge is 2.35. The summed E-state index contributed by atoms with van der Waals surface area (Å²) in [7, 11) is 0. The molecule has 0 spiro atoms. The summed E-state index contributed by atoms with van der Waals surface area (Å²) in [5.74, 6) is 0. The molecule has 0 bridgehead atoms. The average molecular weight is 548 g/mol. The van der Waals surface area contributed by atoms with Gasteiger partial charge in [-0.25, -0.2) is 0 Å². The first-order chi connectivity index (χ1) is 21.1. The van der Waals surface area contributed by atoms with Gasteiger partial charge in [0.2, 0.25) is 0 Å². The van der Waals surface area contributed by atoms with E-state index in [0.29, 0.717) is 0 Å². The van der Waals surface area contributed by atoms with Crippen LogP contribution in [0.5, 0.6) is 0 Å². The summed E-state index contributed by atoms with van der Waals surface area (Å²) in [5.41, 5.74) is 9.99. The number of hydrogen-bond acceptors (Lipinski definition) is 1. The zero-order valence-corrected chi connectivity index (χ0v) is 24.2. The Morgan fingerprint density at radius 1 is 0.419 bits per heavy atom. The Morgan fingerprint density at radius 2 is 1.05 bits per heavy atom. The van der Waals surface area contributed by atoms with Crippen LogP contribution in [0.3, 0.4) is 0 Å². The summed E-state index contributed by atoms with van der Waals surface area (Å²) < 4.78 is 0. The molecule has 1 aliphatic carbocycles. The molecule has 0 N–H and O–H groups in total. The highest BCUT2D eigenvalue weighted by Crippen LogP contribution is 2.51. The van der Waals surface area contributed by atoms with E-state index >= 15 is 0 Å². The number of hydrogen-bond donors (Lipinski definition) is 0. The molecule has 0 radical (unpaired) electrons. The Balaban J connectivity index is 1.23. The van der Waals surface area contributed by atoms with Crippen LogP contribution in [0.4, 0.5) is 0 Å². The lowest BCUT2D eigenvalue weighted by molar-refractivity contribution is 0.661. The number of pyridine rings is 1. The summed E-state index contributed by atoms with van der Waals surface area (Å²) in [6.07, 6.45) is 2.02. The van der Waals surface area contributed by atoms with Crippen LogP contribution >= 0.6 is 0 Å². The Hall–Kier alpha value is -5.27. The summed E-state index contributed by atoms with van der Waals surface area (Å²) in [6.45, 7) is 4.72. The van der Waals surface area contributed by atoms with Crippen molar-refractivity contribution in [3.05, 3.63) is 151 Å². The van der Waals surface area contributed by atoms with Crippen LogP contribution in [0, 0.1) is 0 Å². The summed E-state index contributed by atoms with van der Waals surface area (Å²) >= 11 is 0. The molecule has 43 heavy (non-hydrogen) atoms. The number of aromatic nitrogens is 1. The standard InChI is InChI=1S/C42H29N/c1-42(2)39-17-8-7-15-33(39)38-23-36-31-14-6-5-13-30(31)35-22-27(18-20-32(35)37(36)24-40(38)42)28-19-21-41(43-25-28)34-16-9-11-26-10-3-4-12-29(26)34/h3-25H,1-2H3. The van der Waals surface area contributed by atoms with Gasteiger partial charge in [-0.1, -0.05) is 123 Å². The van der Waals surface area contributed by atoms with Crippen molar-refractivity contribution in [3.8, 4) is 33.5 Å². The molecule has 0 aliphatic heterocycles. The summed E-state index contributed by atoms with van der Waals surface area (Å²) in [5, 5.41) is 10.3. The Bertz CT molecular complexity index is 2410. The van der Waals surface area contributed by atoms with Crippen LogP contribution in [0.1, 0.15) is 25.0 Å². The van der Waals surface area contributed by atoms with E-state index in [1.807, 2.05) is 6.20 Å². The number of fused-ring (bicyclic) bond motifs is 10. The van der Waals surface area contributed by atoms with Gasteiger partial charge < -0.3 is 0 Å². The Kier molecular flexibility index (Phi) is 5.02. The molecular formula is C42H29N. The van der Waals surface area contributed by atoms with E-state index in [1.165, 1.54) is 76.5 Å². The van der Waals surface area contributed by atoms with Gasteiger partial charge in [0.15, 0.2) is 0 Å². The quantitative estimate of drug-likeness (QED) is 0.196. The lowest BCUT2D eigenvalue weighted by Gasteiger charge is -2.22. The van der Waals surface area contributed by atoms with Crippen molar-refractivity contribution in [1.82, 2.24) is 4.98 Å². The van der Waals surface area contributed by atoms with Gasteiger partial charge in [0, 0.05) is 22.7 Å². The normalized spacial score (nSPS) is 13.5. The number of nitrogens with zero attached hydrogens (tertiary/aromatic N) is 1. The lowest BCUT2D eigenvalue weighted by Crippen LogP contribution is -2.14. The fourth-order valence-corrected chi connectivity index (χ4v) is 7.50. The van der Waals surface area contributed by atoms with E-state index in [4.69, 9.17) is 4.98 Å². The molecule has 1 nitrogen and oxygen atoms in total. The molecule has 202 valence electrons. The van der Waals surface area contributed by atoms with E-state index in [9.17, 15) is 0 Å². The van der Waals surface area contributed by atoms with Crippen LogP contribution in [-0.4, -0.2) is 4.98 Å². The molecule has 1 aliphatic rings. The summed E-state index contributed by atoms with van der Waals surface area (Å²) in [4.78, 5) is 4.94. The smallest absolute Gasteiger partial charge is 0.0708 e. The van der Waals surface area contributed by atoms with Crippen molar-refractivity contribution >= 4 is 43.1 Å². The van der Waals surface area contributed by atoms with Crippen LogP contribution in [0.25, 0.3) is 76.6 Å². The predicted octanol–water partition coefficient (Wildman–Crippen LogP) is 11.3. The topological polar surface area (TPSA) is 12.9 Å². The van der Waals surface area contributed by atoms with E-state index in [0.717, 1.165) is 11.3 Å². The van der Waals surface area contributed by atoms with Crippen LogP contribution in [0.2, 0.25) is 0 Å². The molecule has 0 saturated carbocycles. The van der Waals surface area contributed by atoms with E-state index < -0.39 is 0 Å². The van der Waals surface area contributed by atoms with Crippen LogP contribution in [0.15, 0.2) is 140 Å². The maximum absolute atomic E-state index is 4.94. The molecule has 9 rings (SSSR count). The monoisotopic (exact) mass is 547 g/mol. The molecule has 0 saturated heterocycles. The molecular weight excluding hydrogens is 518 g/mol. The first-order valence-corrected chi connectivity index (χ1v) is 15.0. The molecule has 8 aromatic rings. The fourth-order valence-electron chi connectivity index (χ4n) is 7.50. The second-order valence-electron chi connectivity index (χ2n) is 12.4. The molecule has 1 heterocycles. The van der Waals surface area contributed by atoms with Crippen molar-refractivity contribution < 1.29 is 0 Å². The van der Waals surface area contributed by atoms with Gasteiger partial charge in [-0.2, -0.15) is 0 Å². The van der Waals surface area contributed by atoms with Gasteiger partial charge in [-0.05, 0) is 95.2 Å². The van der Waals surface area contributed by atoms with Crippen molar-refractivity contribution in [2.45, 2.75) is 19.3 Å². The molecule has 1 heteroatoms. The second kappa shape index (κ2) is 8.86. The fraction of sp³-hybridized carbons (Fsp3) is 0.0714. The van der Waals surface area contributed by atoms with Gasteiger partial charge >= 0.3 is 0 Å². The third-order valence-electron chi connectivity index (χ3n) is 9.70. The first-order valence-electron chi connectivity index (χ1n) is 15.0. The molecule has 0 atom stereocenters.